The van der Waals surface area contributed by atoms with Crippen LogP contribution in [-0.4, -0.2) is 37.1 Å². The van der Waals surface area contributed by atoms with E-state index in [0.717, 1.165) is 5.56 Å². The molecule has 0 bridgehead atoms. The molecule has 9 nitrogen and oxygen atoms in total. The van der Waals surface area contributed by atoms with Crippen molar-refractivity contribution in [1.82, 2.24) is 30.4 Å². The van der Waals surface area contributed by atoms with Crippen LogP contribution in [0.3, 0.4) is 0 Å². The average Bonchev–Trinajstić information content (AvgIpc) is 3.06. The molecule has 0 unspecified atom stereocenters. The molecule has 3 rings (SSSR count). The van der Waals surface area contributed by atoms with Gasteiger partial charge in [0, 0.05) is 0 Å². The zero-order valence-electron chi connectivity index (χ0n) is 16.1. The molecule has 1 amide bonds. The number of hydrogen-bond donors (Lipinski definition) is 2. The molecule has 2 heterocycles. The Bertz CT molecular complexity index is 1080. The molecule has 2 N–H and O–H groups in total. The first-order valence-corrected chi connectivity index (χ1v) is 8.79. The highest BCUT2D eigenvalue weighted by molar-refractivity contribution is 5.93. The van der Waals surface area contributed by atoms with Crippen molar-refractivity contribution in [2.75, 3.05) is 0 Å². The Labute approximate surface area is 161 Å². The summed E-state index contributed by atoms with van der Waals surface area (Å²) in [4.78, 5) is 26.8. The fourth-order valence-corrected chi connectivity index (χ4v) is 2.49. The highest BCUT2D eigenvalue weighted by Crippen LogP contribution is 2.14. The van der Waals surface area contributed by atoms with E-state index < -0.39 is 11.5 Å². The minimum absolute atomic E-state index is 0.0575. The smallest absolute Gasteiger partial charge is 0.288 e. The lowest BCUT2D eigenvalue weighted by atomic mass is 10.0. The summed E-state index contributed by atoms with van der Waals surface area (Å²) in [7, 11) is 0. The number of nitrogens with one attached hydrogen (secondary N) is 2. The zero-order chi connectivity index (χ0) is 20.3. The molecule has 0 saturated heterocycles. The van der Waals surface area contributed by atoms with Crippen molar-refractivity contribution in [1.29, 1.82) is 0 Å². The van der Waals surface area contributed by atoms with E-state index in [4.69, 9.17) is 0 Å². The van der Waals surface area contributed by atoms with Gasteiger partial charge in [-0.15, -0.1) is 10.2 Å². The number of amides is 1. The van der Waals surface area contributed by atoms with Gasteiger partial charge in [0.25, 0.3) is 17.4 Å². The number of aromatic amines is 1. The number of nitrogens with zero attached hydrogens (tertiary/aromatic N) is 5. The normalized spacial score (nSPS) is 11.3. The summed E-state index contributed by atoms with van der Waals surface area (Å²) in [5, 5.41) is 15.9. The Balaban J connectivity index is 1.77. The maximum absolute atomic E-state index is 12.5. The van der Waals surface area contributed by atoms with E-state index in [9.17, 15) is 9.59 Å². The van der Waals surface area contributed by atoms with Crippen LogP contribution in [-0.2, 0) is 0 Å². The maximum Gasteiger partial charge on any atom is 0.290 e. The zero-order valence-corrected chi connectivity index (χ0v) is 16.1. The lowest BCUT2D eigenvalue weighted by Crippen LogP contribution is -2.24. The van der Waals surface area contributed by atoms with Gasteiger partial charge in [-0.2, -0.15) is 14.9 Å². The van der Waals surface area contributed by atoms with Crippen LogP contribution < -0.4 is 11.0 Å². The van der Waals surface area contributed by atoms with Crippen molar-refractivity contribution < 1.29 is 4.79 Å². The van der Waals surface area contributed by atoms with Crippen molar-refractivity contribution in [2.45, 2.75) is 33.6 Å². The first-order chi connectivity index (χ1) is 13.3. The first-order valence-electron chi connectivity index (χ1n) is 8.79. The van der Waals surface area contributed by atoms with Crippen LogP contribution in [0.25, 0.3) is 5.95 Å². The fourth-order valence-electron chi connectivity index (χ4n) is 2.49. The number of carbonyl (C=O) groups is 1. The van der Waals surface area contributed by atoms with Crippen LogP contribution in [0.15, 0.2) is 40.2 Å². The summed E-state index contributed by atoms with van der Waals surface area (Å²) >= 11 is 0. The van der Waals surface area contributed by atoms with Gasteiger partial charge in [0.2, 0.25) is 0 Å². The van der Waals surface area contributed by atoms with Crippen LogP contribution in [0.4, 0.5) is 0 Å². The number of H-pyrrole nitrogens is 1. The number of hydrogen-bond acceptors (Lipinski definition) is 6. The van der Waals surface area contributed by atoms with Gasteiger partial charge in [-0.25, -0.2) is 5.43 Å². The molecular formula is C19H21N7O2. The number of carbonyl (C=O) groups excluding carboxylic acids is 1. The van der Waals surface area contributed by atoms with E-state index >= 15 is 0 Å². The molecule has 0 aliphatic rings. The summed E-state index contributed by atoms with van der Waals surface area (Å²) < 4.78 is 1.23. The summed E-state index contributed by atoms with van der Waals surface area (Å²) in [6.07, 6.45) is 1.56. The van der Waals surface area contributed by atoms with Crippen molar-refractivity contribution in [2.24, 2.45) is 5.10 Å². The van der Waals surface area contributed by atoms with Crippen LogP contribution >= 0.6 is 0 Å². The summed E-state index contributed by atoms with van der Waals surface area (Å²) in [5.74, 6) is 0.0199. The minimum atomic E-state index is -0.487. The van der Waals surface area contributed by atoms with E-state index in [1.807, 2.05) is 24.3 Å². The topological polar surface area (TPSA) is 118 Å². The number of benzene rings is 1. The van der Waals surface area contributed by atoms with Gasteiger partial charge in [0.1, 0.15) is 11.4 Å². The van der Waals surface area contributed by atoms with E-state index in [-0.39, 0.29) is 17.3 Å². The predicted molar refractivity (Wildman–Crippen MR) is 105 cm³/mol. The second kappa shape index (κ2) is 7.95. The molecule has 9 heteroatoms. The SMILES string of the molecule is Cc1cc(C(=O)N/N=C\c2ccc(C(C)C)cc2)n(-c2nnc(C)c(=O)[nH]2)n1. The third kappa shape index (κ3) is 4.20. The third-order valence-electron chi connectivity index (χ3n) is 4.10. The van der Waals surface area contributed by atoms with Crippen molar-refractivity contribution in [3.05, 3.63) is 68.9 Å². The molecular weight excluding hydrogens is 358 g/mol. The van der Waals surface area contributed by atoms with Crippen molar-refractivity contribution >= 4 is 12.1 Å². The van der Waals surface area contributed by atoms with Gasteiger partial charge in [0.05, 0.1) is 11.9 Å². The minimum Gasteiger partial charge on any atom is -0.288 e. The highest BCUT2D eigenvalue weighted by atomic mass is 16.2. The number of rotatable bonds is 5. The Morgan fingerprint density at radius 2 is 1.93 bits per heavy atom. The molecule has 1 aromatic carbocycles. The maximum atomic E-state index is 12.5. The molecule has 0 aliphatic carbocycles. The Kier molecular flexibility index (Phi) is 5.44. The second-order valence-corrected chi connectivity index (χ2v) is 6.67. The summed E-state index contributed by atoms with van der Waals surface area (Å²) in [5.41, 5.74) is 5.15. The van der Waals surface area contributed by atoms with Crippen LogP contribution in [0.5, 0.6) is 0 Å². The molecule has 144 valence electrons. The van der Waals surface area contributed by atoms with Gasteiger partial charge < -0.3 is 0 Å². The van der Waals surface area contributed by atoms with Crippen molar-refractivity contribution in [3.63, 3.8) is 0 Å². The number of hydrazone groups is 1. The van der Waals surface area contributed by atoms with Gasteiger partial charge in [-0.05, 0) is 37.0 Å². The first kappa shape index (κ1) is 19.2. The molecule has 28 heavy (non-hydrogen) atoms. The van der Waals surface area contributed by atoms with Gasteiger partial charge >= 0.3 is 0 Å². The highest BCUT2D eigenvalue weighted by Gasteiger charge is 2.17. The molecule has 3 aromatic rings. The van der Waals surface area contributed by atoms with E-state index in [2.05, 4.69) is 44.7 Å². The molecule has 0 atom stereocenters. The molecule has 0 spiro atoms. The molecule has 0 radical (unpaired) electrons. The lowest BCUT2D eigenvalue weighted by molar-refractivity contribution is 0.0947. The van der Waals surface area contributed by atoms with Gasteiger partial charge in [-0.1, -0.05) is 38.1 Å². The van der Waals surface area contributed by atoms with Crippen LogP contribution in [0.1, 0.15) is 52.8 Å². The Hall–Kier alpha value is -3.62. The Morgan fingerprint density at radius 3 is 2.57 bits per heavy atom. The van der Waals surface area contributed by atoms with Crippen LogP contribution in [0, 0.1) is 13.8 Å². The molecule has 0 fully saturated rings. The van der Waals surface area contributed by atoms with Crippen molar-refractivity contribution in [3.8, 4) is 5.95 Å². The number of aryl methyl sites for hydroxylation is 2. The second-order valence-electron chi connectivity index (χ2n) is 6.67. The molecule has 2 aromatic heterocycles. The third-order valence-corrected chi connectivity index (χ3v) is 4.10. The average molecular weight is 379 g/mol. The van der Waals surface area contributed by atoms with E-state index in [0.29, 0.717) is 11.6 Å². The quantitative estimate of drug-likeness (QED) is 0.518. The van der Waals surface area contributed by atoms with Gasteiger partial charge in [-0.3, -0.25) is 14.6 Å². The molecule has 0 aliphatic heterocycles. The van der Waals surface area contributed by atoms with Gasteiger partial charge in [0.15, 0.2) is 0 Å². The fraction of sp³-hybridized carbons (Fsp3) is 0.263. The standard InChI is InChI=1S/C19H21N7O2/c1-11(2)15-7-5-14(6-8-15)10-20-23-18(28)16-9-12(3)25-26(16)19-21-17(27)13(4)22-24-19/h5-11H,1-4H3,(H,23,28)(H,21,24,27)/b20-10-. The van der Waals surface area contributed by atoms with E-state index in [1.165, 1.54) is 10.2 Å². The number of aromatic nitrogens is 5. The lowest BCUT2D eigenvalue weighted by Gasteiger charge is -2.05. The summed E-state index contributed by atoms with van der Waals surface area (Å²) in [6, 6.07) is 9.50. The molecule has 0 saturated carbocycles. The predicted octanol–water partition coefficient (Wildman–Crippen LogP) is 1.85. The monoisotopic (exact) mass is 379 g/mol. The van der Waals surface area contributed by atoms with Crippen LogP contribution in [0.2, 0.25) is 0 Å². The van der Waals surface area contributed by atoms with E-state index in [1.54, 1.807) is 26.1 Å². The Morgan fingerprint density at radius 1 is 1.21 bits per heavy atom. The largest absolute Gasteiger partial charge is 0.290 e. The summed E-state index contributed by atoms with van der Waals surface area (Å²) in [6.45, 7) is 7.52.